The average molecular weight is 229 g/mol. The summed E-state index contributed by atoms with van der Waals surface area (Å²) < 4.78 is 6.43. The van der Waals surface area contributed by atoms with Crippen LogP contribution in [0, 0.1) is 0 Å². The molecule has 15 heavy (non-hydrogen) atoms. The Bertz CT molecular complexity index is 385. The van der Waals surface area contributed by atoms with Crippen molar-refractivity contribution in [3.05, 3.63) is 23.5 Å². The molecule has 0 saturated heterocycles. The second-order valence-corrected chi connectivity index (χ2v) is 3.71. The molecule has 5 nitrogen and oxygen atoms in total. The normalized spacial score (nSPS) is 10.8. The predicted molar refractivity (Wildman–Crippen MR) is 57.0 cm³/mol. The van der Waals surface area contributed by atoms with Crippen LogP contribution in [0.1, 0.15) is 27.6 Å². The highest BCUT2D eigenvalue weighted by atomic mass is 31.1. The van der Waals surface area contributed by atoms with E-state index in [1.54, 1.807) is 11.3 Å². The van der Waals surface area contributed by atoms with Crippen LogP contribution in [0.15, 0.2) is 12.4 Å². The van der Waals surface area contributed by atoms with Crippen LogP contribution >= 0.6 is 8.73 Å². The molecule has 1 aromatic rings. The molecule has 1 unspecified atom stereocenters. The Labute approximate surface area is 88.9 Å². The first-order valence-electron chi connectivity index (χ1n) is 4.40. The second-order valence-electron chi connectivity index (χ2n) is 2.74. The summed E-state index contributed by atoms with van der Waals surface area (Å²) in [4.78, 5) is 22.2. The summed E-state index contributed by atoms with van der Waals surface area (Å²) in [5.41, 5.74) is 0.0986. The lowest BCUT2D eigenvalue weighted by Crippen LogP contribution is -2.08. The lowest BCUT2D eigenvalue weighted by atomic mass is 10.2. The molecule has 1 N–H and O–H groups in total. The number of carbonyl (C=O) groups excluding carboxylic acids is 1. The lowest BCUT2D eigenvalue weighted by molar-refractivity contribution is 0.0515. The van der Waals surface area contributed by atoms with E-state index in [0.717, 1.165) is 0 Å². The van der Waals surface area contributed by atoms with Crippen LogP contribution in [-0.2, 0) is 4.74 Å². The quantitative estimate of drug-likeness (QED) is 0.626. The SMILES string of the molecule is CCOC(=O)c1cn(PC)cc1C(=O)O. The zero-order valence-corrected chi connectivity index (χ0v) is 9.48. The summed E-state index contributed by atoms with van der Waals surface area (Å²) in [6.45, 7) is 3.80. The molecule has 0 aliphatic heterocycles. The predicted octanol–water partition coefficient (Wildman–Crippen LogP) is 1.43. The van der Waals surface area contributed by atoms with Crippen molar-refractivity contribution in [3.63, 3.8) is 0 Å². The minimum Gasteiger partial charge on any atom is -0.478 e. The molecule has 0 fully saturated rings. The minimum absolute atomic E-state index is 0.0113. The third-order valence-corrected chi connectivity index (χ3v) is 2.59. The van der Waals surface area contributed by atoms with Crippen LogP contribution < -0.4 is 0 Å². The molecule has 0 aliphatic rings. The topological polar surface area (TPSA) is 68.5 Å². The maximum Gasteiger partial charge on any atom is 0.340 e. The summed E-state index contributed by atoms with van der Waals surface area (Å²) in [7, 11) is 0.380. The molecule has 82 valence electrons. The van der Waals surface area contributed by atoms with E-state index >= 15 is 0 Å². The number of carboxylic acid groups (broad SMARTS) is 1. The highest BCUT2D eigenvalue weighted by Crippen LogP contribution is 2.18. The molecule has 1 atom stereocenters. The Morgan fingerprint density at radius 2 is 2.07 bits per heavy atom. The van der Waals surface area contributed by atoms with Gasteiger partial charge in [0.05, 0.1) is 17.7 Å². The summed E-state index contributed by atoms with van der Waals surface area (Å²) >= 11 is 0. The molecule has 1 heterocycles. The van der Waals surface area contributed by atoms with Crippen molar-refractivity contribution in [2.75, 3.05) is 13.3 Å². The van der Waals surface area contributed by atoms with Crippen LogP contribution in [0.2, 0.25) is 0 Å². The zero-order chi connectivity index (χ0) is 11.4. The number of aromatic nitrogens is 1. The highest BCUT2D eigenvalue weighted by molar-refractivity contribution is 7.35. The highest BCUT2D eigenvalue weighted by Gasteiger charge is 2.19. The number of carboxylic acids is 1. The Hall–Kier alpha value is -1.35. The number of carbonyl (C=O) groups is 2. The summed E-state index contributed by atoms with van der Waals surface area (Å²) in [5.74, 6) is -1.71. The standard InChI is InChI=1S/C9H12NO4P/c1-3-14-9(13)7-5-10(15-2)4-6(7)8(11)12/h4-5,15H,3H2,1-2H3,(H,11,12). The van der Waals surface area contributed by atoms with E-state index in [9.17, 15) is 9.59 Å². The van der Waals surface area contributed by atoms with E-state index in [2.05, 4.69) is 0 Å². The van der Waals surface area contributed by atoms with Gasteiger partial charge >= 0.3 is 11.9 Å². The maximum absolute atomic E-state index is 11.4. The first kappa shape index (κ1) is 11.7. The Kier molecular flexibility index (Phi) is 3.86. The monoisotopic (exact) mass is 229 g/mol. The van der Waals surface area contributed by atoms with Gasteiger partial charge in [-0.25, -0.2) is 9.59 Å². The van der Waals surface area contributed by atoms with Gasteiger partial charge < -0.3 is 14.2 Å². The van der Waals surface area contributed by atoms with Crippen molar-refractivity contribution in [2.24, 2.45) is 0 Å². The van der Waals surface area contributed by atoms with Crippen molar-refractivity contribution in [2.45, 2.75) is 6.92 Å². The lowest BCUT2D eigenvalue weighted by Gasteiger charge is -1.99. The van der Waals surface area contributed by atoms with Crippen LogP contribution in [0.25, 0.3) is 0 Å². The molecule has 1 rings (SSSR count). The summed E-state index contributed by atoms with van der Waals surface area (Å²) in [6, 6.07) is 0. The van der Waals surface area contributed by atoms with Gasteiger partial charge in [0.2, 0.25) is 0 Å². The van der Waals surface area contributed by atoms with Crippen LogP contribution in [0.5, 0.6) is 0 Å². The first-order chi connectivity index (χ1) is 7.10. The summed E-state index contributed by atoms with van der Waals surface area (Å²) in [6.07, 6.45) is 2.94. The van der Waals surface area contributed by atoms with Crippen LogP contribution in [-0.4, -0.2) is 34.7 Å². The molecule has 0 saturated carbocycles. The molecular formula is C9H12NO4P. The van der Waals surface area contributed by atoms with Gasteiger partial charge in [0.15, 0.2) is 0 Å². The smallest absolute Gasteiger partial charge is 0.340 e. The molecule has 0 radical (unpaired) electrons. The van der Waals surface area contributed by atoms with Crippen LogP contribution in [0.3, 0.4) is 0 Å². The van der Waals surface area contributed by atoms with Gasteiger partial charge in [0, 0.05) is 12.4 Å². The molecule has 0 aliphatic carbocycles. The third kappa shape index (κ3) is 2.57. The minimum atomic E-state index is -1.12. The van der Waals surface area contributed by atoms with Crippen molar-refractivity contribution in [1.82, 2.24) is 4.34 Å². The van der Waals surface area contributed by atoms with E-state index in [4.69, 9.17) is 9.84 Å². The average Bonchev–Trinajstić information content (AvgIpc) is 2.61. The van der Waals surface area contributed by atoms with E-state index in [0.29, 0.717) is 8.73 Å². The maximum atomic E-state index is 11.4. The van der Waals surface area contributed by atoms with E-state index < -0.39 is 11.9 Å². The number of hydrogen-bond donors (Lipinski definition) is 1. The Morgan fingerprint density at radius 1 is 1.47 bits per heavy atom. The third-order valence-electron chi connectivity index (χ3n) is 1.81. The molecule has 0 spiro atoms. The van der Waals surface area contributed by atoms with E-state index in [1.807, 2.05) is 6.66 Å². The van der Waals surface area contributed by atoms with Gasteiger partial charge in [0.1, 0.15) is 0 Å². The van der Waals surface area contributed by atoms with Crippen molar-refractivity contribution in [1.29, 1.82) is 0 Å². The number of aromatic carboxylic acids is 1. The molecule has 0 amide bonds. The fourth-order valence-corrected chi connectivity index (χ4v) is 1.64. The van der Waals surface area contributed by atoms with Gasteiger partial charge in [-0.2, -0.15) is 0 Å². The van der Waals surface area contributed by atoms with Gasteiger partial charge in [-0.15, -0.1) is 0 Å². The van der Waals surface area contributed by atoms with Gasteiger partial charge in [-0.3, -0.25) is 0 Å². The largest absolute Gasteiger partial charge is 0.478 e. The number of ether oxygens (including phenoxy) is 1. The van der Waals surface area contributed by atoms with Crippen LogP contribution in [0.4, 0.5) is 0 Å². The molecule has 0 bridgehead atoms. The van der Waals surface area contributed by atoms with Gasteiger partial charge in [-0.05, 0) is 22.3 Å². The fraction of sp³-hybridized carbons (Fsp3) is 0.333. The summed E-state index contributed by atoms with van der Waals surface area (Å²) in [5, 5.41) is 8.87. The first-order valence-corrected chi connectivity index (χ1v) is 5.85. The molecular weight excluding hydrogens is 217 g/mol. The van der Waals surface area contributed by atoms with Gasteiger partial charge in [-0.1, -0.05) is 0 Å². The fourth-order valence-electron chi connectivity index (χ4n) is 1.13. The van der Waals surface area contributed by atoms with E-state index in [1.165, 1.54) is 12.4 Å². The van der Waals surface area contributed by atoms with E-state index in [-0.39, 0.29) is 17.7 Å². The number of esters is 1. The van der Waals surface area contributed by atoms with Crippen molar-refractivity contribution in [3.8, 4) is 0 Å². The Balaban J connectivity index is 3.09. The molecule has 1 aromatic heterocycles. The number of nitrogens with zero attached hydrogens (tertiary/aromatic N) is 1. The van der Waals surface area contributed by atoms with Gasteiger partial charge in [0.25, 0.3) is 0 Å². The molecule has 0 aromatic carbocycles. The number of rotatable bonds is 4. The zero-order valence-electron chi connectivity index (χ0n) is 8.48. The van der Waals surface area contributed by atoms with Crippen molar-refractivity contribution >= 4 is 20.7 Å². The number of hydrogen-bond acceptors (Lipinski definition) is 3. The second kappa shape index (κ2) is 4.94. The Morgan fingerprint density at radius 3 is 2.53 bits per heavy atom. The van der Waals surface area contributed by atoms with Crippen molar-refractivity contribution < 1.29 is 19.4 Å². The molecule has 6 heteroatoms.